The molecular formula is C13H18. The van der Waals surface area contributed by atoms with Crippen LogP contribution in [0.5, 0.6) is 0 Å². The van der Waals surface area contributed by atoms with Crippen LogP contribution in [0.4, 0.5) is 0 Å². The quantitative estimate of drug-likeness (QED) is 0.493. The molecule has 0 aromatic heterocycles. The third-order valence-corrected chi connectivity index (χ3v) is 4.68. The summed E-state index contributed by atoms with van der Waals surface area (Å²) in [5, 5.41) is 0. The van der Waals surface area contributed by atoms with Gasteiger partial charge in [-0.3, -0.25) is 0 Å². The van der Waals surface area contributed by atoms with E-state index in [2.05, 4.69) is 25.7 Å². The molecule has 2 bridgehead atoms. The Kier molecular flexibility index (Phi) is 1.38. The van der Waals surface area contributed by atoms with E-state index in [4.69, 9.17) is 0 Å². The Bertz CT molecular complexity index is 286. The zero-order valence-electron chi connectivity index (χ0n) is 8.42. The fourth-order valence-electron chi connectivity index (χ4n) is 3.93. The first-order chi connectivity index (χ1) is 6.22. The number of hydrogen-bond acceptors (Lipinski definition) is 0. The molecule has 0 saturated heterocycles. The van der Waals surface area contributed by atoms with Crippen molar-refractivity contribution in [3.05, 3.63) is 24.3 Å². The van der Waals surface area contributed by atoms with Gasteiger partial charge in [-0.1, -0.05) is 31.2 Å². The van der Waals surface area contributed by atoms with E-state index in [1.54, 1.807) is 5.57 Å². The first-order valence-electron chi connectivity index (χ1n) is 5.60. The minimum atomic E-state index is 0.554. The van der Waals surface area contributed by atoms with Gasteiger partial charge in [0.15, 0.2) is 0 Å². The predicted octanol–water partition coefficient (Wildman–Crippen LogP) is 3.55. The molecule has 0 heteroatoms. The van der Waals surface area contributed by atoms with Crippen LogP contribution in [0.25, 0.3) is 0 Å². The highest BCUT2D eigenvalue weighted by atomic mass is 14.6. The molecule has 0 aliphatic heterocycles. The van der Waals surface area contributed by atoms with Crippen molar-refractivity contribution in [1.82, 2.24) is 0 Å². The minimum Gasteiger partial charge on any atom is -0.0987 e. The fourth-order valence-corrected chi connectivity index (χ4v) is 3.93. The van der Waals surface area contributed by atoms with Crippen LogP contribution in [0, 0.1) is 23.2 Å². The summed E-state index contributed by atoms with van der Waals surface area (Å²) in [7, 11) is 0. The number of allylic oxidation sites excluding steroid dienone is 3. The molecule has 0 radical (unpaired) electrons. The van der Waals surface area contributed by atoms with Crippen LogP contribution >= 0.6 is 0 Å². The summed E-state index contributed by atoms with van der Waals surface area (Å²) >= 11 is 0. The van der Waals surface area contributed by atoms with Gasteiger partial charge in [0.1, 0.15) is 0 Å². The normalized spacial score (nSPS) is 52.7. The lowest BCUT2D eigenvalue weighted by atomic mass is 9.71. The fraction of sp³-hybridized carbons (Fsp3) is 0.692. The van der Waals surface area contributed by atoms with Crippen molar-refractivity contribution in [2.45, 2.75) is 32.6 Å². The molecule has 0 N–H and O–H groups in total. The summed E-state index contributed by atoms with van der Waals surface area (Å²) in [5.74, 6) is 2.54. The van der Waals surface area contributed by atoms with Gasteiger partial charge in [-0.05, 0) is 48.9 Å². The first-order valence-corrected chi connectivity index (χ1v) is 5.60. The van der Waals surface area contributed by atoms with Gasteiger partial charge in [-0.25, -0.2) is 0 Å². The van der Waals surface area contributed by atoms with Crippen LogP contribution in [-0.4, -0.2) is 0 Å². The molecule has 4 atom stereocenters. The van der Waals surface area contributed by atoms with E-state index in [0.29, 0.717) is 5.41 Å². The molecule has 2 fully saturated rings. The van der Waals surface area contributed by atoms with Gasteiger partial charge in [0, 0.05) is 0 Å². The SMILES string of the molecule is C=C1C2C=CC(C2)C12CCC(C)C2. The van der Waals surface area contributed by atoms with Gasteiger partial charge < -0.3 is 0 Å². The Morgan fingerprint density at radius 3 is 2.85 bits per heavy atom. The van der Waals surface area contributed by atoms with E-state index in [9.17, 15) is 0 Å². The summed E-state index contributed by atoms with van der Waals surface area (Å²) < 4.78 is 0. The Morgan fingerprint density at radius 1 is 1.46 bits per heavy atom. The number of rotatable bonds is 0. The second-order valence-electron chi connectivity index (χ2n) is 5.36. The van der Waals surface area contributed by atoms with E-state index < -0.39 is 0 Å². The third kappa shape index (κ3) is 0.820. The molecule has 0 aromatic carbocycles. The molecule has 3 aliphatic rings. The molecule has 1 spiro atoms. The molecule has 13 heavy (non-hydrogen) atoms. The molecule has 0 aromatic rings. The van der Waals surface area contributed by atoms with Crippen LogP contribution in [0.1, 0.15) is 32.6 Å². The largest absolute Gasteiger partial charge is 0.0987 e. The zero-order valence-corrected chi connectivity index (χ0v) is 8.42. The lowest BCUT2D eigenvalue weighted by Gasteiger charge is -2.33. The van der Waals surface area contributed by atoms with Gasteiger partial charge in [0.05, 0.1) is 0 Å². The van der Waals surface area contributed by atoms with Gasteiger partial charge in [0.2, 0.25) is 0 Å². The van der Waals surface area contributed by atoms with E-state index in [1.165, 1.54) is 25.7 Å². The summed E-state index contributed by atoms with van der Waals surface area (Å²) in [6, 6.07) is 0. The van der Waals surface area contributed by atoms with Gasteiger partial charge in [-0.2, -0.15) is 0 Å². The highest BCUT2D eigenvalue weighted by Crippen LogP contribution is 2.63. The average Bonchev–Trinajstić information content (AvgIpc) is 2.73. The minimum absolute atomic E-state index is 0.554. The highest BCUT2D eigenvalue weighted by molar-refractivity contribution is 5.35. The van der Waals surface area contributed by atoms with Crippen molar-refractivity contribution < 1.29 is 0 Å². The van der Waals surface area contributed by atoms with Crippen LogP contribution in [-0.2, 0) is 0 Å². The van der Waals surface area contributed by atoms with E-state index in [-0.39, 0.29) is 0 Å². The van der Waals surface area contributed by atoms with Crippen molar-refractivity contribution in [3.8, 4) is 0 Å². The maximum absolute atomic E-state index is 4.36. The smallest absolute Gasteiger partial charge is 0.00142 e. The molecule has 0 nitrogen and oxygen atoms in total. The standard InChI is InChI=1S/C13H18/c1-9-5-6-13(8-9)10(2)11-3-4-12(13)7-11/h3-4,9,11-12H,2,5-8H2,1H3. The van der Waals surface area contributed by atoms with Crippen molar-refractivity contribution in [1.29, 1.82) is 0 Å². The molecule has 3 rings (SSSR count). The lowest BCUT2D eigenvalue weighted by Crippen LogP contribution is -2.24. The van der Waals surface area contributed by atoms with Crippen molar-refractivity contribution in [2.75, 3.05) is 0 Å². The summed E-state index contributed by atoms with van der Waals surface area (Å²) in [6.45, 7) is 6.76. The van der Waals surface area contributed by atoms with Crippen LogP contribution < -0.4 is 0 Å². The molecule has 2 saturated carbocycles. The second-order valence-corrected chi connectivity index (χ2v) is 5.36. The van der Waals surface area contributed by atoms with Crippen LogP contribution in [0.15, 0.2) is 24.3 Å². The van der Waals surface area contributed by atoms with Gasteiger partial charge >= 0.3 is 0 Å². The van der Waals surface area contributed by atoms with Crippen LogP contribution in [0.2, 0.25) is 0 Å². The van der Waals surface area contributed by atoms with Crippen molar-refractivity contribution >= 4 is 0 Å². The Hall–Kier alpha value is -0.520. The third-order valence-electron chi connectivity index (χ3n) is 4.68. The molecule has 70 valence electrons. The maximum Gasteiger partial charge on any atom is -0.00142 e. The van der Waals surface area contributed by atoms with Crippen LogP contribution in [0.3, 0.4) is 0 Å². The molecule has 0 heterocycles. The number of fused-ring (bicyclic) bond motifs is 3. The Morgan fingerprint density at radius 2 is 2.31 bits per heavy atom. The molecule has 3 aliphatic carbocycles. The average molecular weight is 174 g/mol. The van der Waals surface area contributed by atoms with E-state index in [0.717, 1.165) is 17.8 Å². The van der Waals surface area contributed by atoms with Gasteiger partial charge in [-0.15, -0.1) is 0 Å². The van der Waals surface area contributed by atoms with E-state index in [1.807, 2.05) is 0 Å². The monoisotopic (exact) mass is 174 g/mol. The Labute approximate surface area is 80.7 Å². The van der Waals surface area contributed by atoms with E-state index >= 15 is 0 Å². The zero-order chi connectivity index (χ0) is 9.05. The summed E-state index contributed by atoms with van der Waals surface area (Å²) in [5.41, 5.74) is 2.13. The molecular weight excluding hydrogens is 156 g/mol. The Balaban J connectivity index is 2.00. The molecule has 0 amide bonds. The topological polar surface area (TPSA) is 0 Å². The first kappa shape index (κ1) is 7.84. The summed E-state index contributed by atoms with van der Waals surface area (Å²) in [4.78, 5) is 0. The molecule has 4 unspecified atom stereocenters. The van der Waals surface area contributed by atoms with Gasteiger partial charge in [0.25, 0.3) is 0 Å². The lowest BCUT2D eigenvalue weighted by molar-refractivity contribution is 0.294. The van der Waals surface area contributed by atoms with Crippen molar-refractivity contribution in [2.24, 2.45) is 23.2 Å². The highest BCUT2D eigenvalue weighted by Gasteiger charge is 2.53. The maximum atomic E-state index is 4.36. The predicted molar refractivity (Wildman–Crippen MR) is 55.3 cm³/mol. The number of hydrogen-bond donors (Lipinski definition) is 0. The second kappa shape index (κ2) is 2.29. The summed E-state index contributed by atoms with van der Waals surface area (Å²) in [6.07, 6.45) is 10.5. The van der Waals surface area contributed by atoms with Crippen molar-refractivity contribution in [3.63, 3.8) is 0 Å².